The van der Waals surface area contributed by atoms with E-state index in [1.807, 2.05) is 22.4 Å². The van der Waals surface area contributed by atoms with Crippen LogP contribution >= 0.6 is 11.3 Å². The van der Waals surface area contributed by atoms with Gasteiger partial charge in [0.2, 0.25) is 0 Å². The van der Waals surface area contributed by atoms with Crippen molar-refractivity contribution in [2.45, 2.75) is 69.1 Å². The van der Waals surface area contributed by atoms with Gasteiger partial charge in [-0.1, -0.05) is 6.07 Å². The van der Waals surface area contributed by atoms with E-state index >= 15 is 0 Å². The third-order valence-electron chi connectivity index (χ3n) is 5.31. The van der Waals surface area contributed by atoms with Gasteiger partial charge in [-0.05, 0) is 30.7 Å². The summed E-state index contributed by atoms with van der Waals surface area (Å²) in [5.41, 5.74) is 0. The number of piperidine rings is 2. The lowest BCUT2D eigenvalue weighted by Gasteiger charge is -2.46. The summed E-state index contributed by atoms with van der Waals surface area (Å²) in [5.74, 6) is 0.137. The molecule has 1 saturated carbocycles. The Bertz CT molecular complexity index is 469. The maximum Gasteiger partial charge on any atom is 0.261 e. The summed E-state index contributed by atoms with van der Waals surface area (Å²) in [6.45, 7) is 0. The molecule has 2 aliphatic heterocycles. The summed E-state index contributed by atoms with van der Waals surface area (Å²) < 4.78 is 0. The van der Waals surface area contributed by atoms with Crippen LogP contribution in [0.2, 0.25) is 0 Å². The van der Waals surface area contributed by atoms with Gasteiger partial charge in [-0.3, -0.25) is 4.79 Å². The van der Waals surface area contributed by atoms with Crippen molar-refractivity contribution in [1.82, 2.24) is 5.32 Å². The number of thiophene rings is 1. The largest absolute Gasteiger partial charge is 0.348 e. The van der Waals surface area contributed by atoms with E-state index in [4.69, 9.17) is 0 Å². The van der Waals surface area contributed by atoms with E-state index in [1.165, 1.54) is 56.3 Å². The second-order valence-electron chi connectivity index (χ2n) is 6.72. The first-order valence-corrected chi connectivity index (χ1v) is 8.90. The third-order valence-corrected chi connectivity index (χ3v) is 6.18. The smallest absolute Gasteiger partial charge is 0.261 e. The van der Waals surface area contributed by atoms with Crippen molar-refractivity contribution in [3.63, 3.8) is 0 Å². The van der Waals surface area contributed by atoms with Gasteiger partial charge in [0.1, 0.15) is 0 Å². The maximum atomic E-state index is 12.2. The summed E-state index contributed by atoms with van der Waals surface area (Å²) in [6.07, 6.45) is 9.40. The van der Waals surface area contributed by atoms with Gasteiger partial charge in [0.15, 0.2) is 0 Å². The fraction of sp³-hybridized carbons (Fsp3) is 0.688. The second kappa shape index (κ2) is 5.15. The van der Waals surface area contributed by atoms with E-state index in [-0.39, 0.29) is 5.91 Å². The van der Waals surface area contributed by atoms with Crippen LogP contribution in [0.5, 0.6) is 0 Å². The highest BCUT2D eigenvalue weighted by atomic mass is 32.1. The van der Waals surface area contributed by atoms with Crippen LogP contribution < -0.4 is 10.2 Å². The van der Waals surface area contributed by atoms with Crippen molar-refractivity contribution in [3.8, 4) is 0 Å². The zero-order chi connectivity index (χ0) is 13.5. The molecular weight excluding hydrogens is 268 g/mol. The van der Waals surface area contributed by atoms with E-state index in [0.717, 1.165) is 23.0 Å². The lowest BCUT2D eigenvalue weighted by Crippen LogP contribution is -3.22. The quantitative estimate of drug-likeness (QED) is 0.871. The van der Waals surface area contributed by atoms with Gasteiger partial charge in [0, 0.05) is 31.7 Å². The van der Waals surface area contributed by atoms with Crippen molar-refractivity contribution < 1.29 is 9.69 Å². The molecule has 1 aromatic rings. The Labute approximate surface area is 124 Å². The molecule has 3 fully saturated rings. The Morgan fingerprint density at radius 3 is 2.50 bits per heavy atom. The van der Waals surface area contributed by atoms with Gasteiger partial charge in [-0.25, -0.2) is 0 Å². The Morgan fingerprint density at radius 1 is 1.15 bits per heavy atom. The van der Waals surface area contributed by atoms with E-state index in [0.29, 0.717) is 6.04 Å². The molecule has 0 unspecified atom stereocenters. The number of amides is 1. The standard InChI is InChI=1S/C16H22N2OS/c19-16(15-5-2-8-20-15)17-11-9-13-3-1-4-14(10-11)18(13)12-6-7-12/h2,5,8,11-14H,1,3-4,6-7,9-10H2,(H,17,19)/p+1/t13-,14-/m1/s1. The number of hydrogen-bond acceptors (Lipinski definition) is 2. The van der Waals surface area contributed by atoms with Crippen LogP contribution in [0, 0.1) is 0 Å². The molecule has 2 bridgehead atoms. The van der Waals surface area contributed by atoms with Crippen molar-refractivity contribution in [3.05, 3.63) is 22.4 Å². The molecule has 2 atom stereocenters. The topological polar surface area (TPSA) is 33.5 Å². The number of fused-ring (bicyclic) bond motifs is 2. The first-order chi connectivity index (χ1) is 9.81. The van der Waals surface area contributed by atoms with Gasteiger partial charge >= 0.3 is 0 Å². The highest BCUT2D eigenvalue weighted by Gasteiger charge is 2.48. The molecule has 108 valence electrons. The zero-order valence-corrected chi connectivity index (χ0v) is 12.6. The average molecular weight is 291 g/mol. The molecule has 2 saturated heterocycles. The molecular formula is C16H23N2OS+. The molecule has 3 aliphatic rings. The predicted molar refractivity (Wildman–Crippen MR) is 80.2 cm³/mol. The van der Waals surface area contributed by atoms with Crippen LogP contribution in [0.1, 0.15) is 54.6 Å². The van der Waals surface area contributed by atoms with E-state index < -0.39 is 0 Å². The summed E-state index contributed by atoms with van der Waals surface area (Å²) in [6, 6.07) is 6.86. The molecule has 4 rings (SSSR count). The predicted octanol–water partition coefficient (Wildman–Crippen LogP) is 1.61. The lowest BCUT2D eigenvalue weighted by atomic mass is 9.81. The van der Waals surface area contributed by atoms with Crippen LogP contribution in [0.15, 0.2) is 17.5 Å². The monoisotopic (exact) mass is 291 g/mol. The highest BCUT2D eigenvalue weighted by molar-refractivity contribution is 7.12. The van der Waals surface area contributed by atoms with Crippen LogP contribution in [0.25, 0.3) is 0 Å². The lowest BCUT2D eigenvalue weighted by molar-refractivity contribution is -0.971. The fourth-order valence-corrected chi connectivity index (χ4v) is 5.06. The molecule has 1 aromatic heterocycles. The van der Waals surface area contributed by atoms with Gasteiger partial charge in [-0.15, -0.1) is 11.3 Å². The Hall–Kier alpha value is -0.870. The van der Waals surface area contributed by atoms with Crippen LogP contribution in [0.4, 0.5) is 0 Å². The molecule has 0 aromatic carbocycles. The molecule has 1 amide bonds. The number of quaternary nitrogens is 1. The number of nitrogens with one attached hydrogen (secondary N) is 2. The minimum atomic E-state index is 0.137. The summed E-state index contributed by atoms with van der Waals surface area (Å²) in [4.78, 5) is 15.0. The number of carbonyl (C=O) groups is 1. The molecule has 20 heavy (non-hydrogen) atoms. The van der Waals surface area contributed by atoms with Crippen molar-refractivity contribution in [1.29, 1.82) is 0 Å². The van der Waals surface area contributed by atoms with Crippen LogP contribution in [0.3, 0.4) is 0 Å². The first-order valence-electron chi connectivity index (χ1n) is 8.02. The second-order valence-corrected chi connectivity index (χ2v) is 7.67. The number of rotatable bonds is 3. The molecule has 0 radical (unpaired) electrons. The van der Waals surface area contributed by atoms with Crippen molar-refractivity contribution >= 4 is 17.2 Å². The van der Waals surface area contributed by atoms with E-state index in [9.17, 15) is 4.79 Å². The molecule has 2 N–H and O–H groups in total. The SMILES string of the molecule is O=C(NC1C[C@H]2CCC[C@H](C1)[NH+]2C1CC1)c1cccs1. The number of carbonyl (C=O) groups excluding carboxylic acids is 1. The number of hydrogen-bond donors (Lipinski definition) is 2. The minimum Gasteiger partial charge on any atom is -0.348 e. The van der Waals surface area contributed by atoms with Crippen LogP contribution in [-0.2, 0) is 0 Å². The average Bonchev–Trinajstić information content (AvgIpc) is 3.11. The highest BCUT2D eigenvalue weighted by Crippen LogP contribution is 2.27. The Kier molecular flexibility index (Phi) is 3.31. The molecule has 4 heteroatoms. The zero-order valence-electron chi connectivity index (χ0n) is 11.8. The van der Waals surface area contributed by atoms with E-state index in [2.05, 4.69) is 5.32 Å². The van der Waals surface area contributed by atoms with Gasteiger partial charge in [-0.2, -0.15) is 0 Å². The van der Waals surface area contributed by atoms with Gasteiger partial charge < -0.3 is 10.2 Å². The third kappa shape index (κ3) is 2.40. The van der Waals surface area contributed by atoms with Crippen LogP contribution in [-0.4, -0.2) is 30.1 Å². The molecule has 0 spiro atoms. The minimum absolute atomic E-state index is 0.137. The van der Waals surface area contributed by atoms with Gasteiger partial charge in [0.25, 0.3) is 5.91 Å². The Morgan fingerprint density at radius 2 is 1.90 bits per heavy atom. The fourth-order valence-electron chi connectivity index (χ4n) is 4.43. The summed E-state index contributed by atoms with van der Waals surface area (Å²) in [5, 5.41) is 5.26. The summed E-state index contributed by atoms with van der Waals surface area (Å²) >= 11 is 1.54. The molecule has 3 nitrogen and oxygen atoms in total. The van der Waals surface area contributed by atoms with E-state index in [1.54, 1.807) is 0 Å². The normalized spacial score (nSPS) is 36.6. The summed E-state index contributed by atoms with van der Waals surface area (Å²) in [7, 11) is 0. The maximum absolute atomic E-state index is 12.2. The molecule has 1 aliphatic carbocycles. The van der Waals surface area contributed by atoms with Crippen molar-refractivity contribution in [2.75, 3.05) is 0 Å². The Balaban J connectivity index is 1.42. The first kappa shape index (κ1) is 12.8. The van der Waals surface area contributed by atoms with Crippen molar-refractivity contribution in [2.24, 2.45) is 0 Å². The van der Waals surface area contributed by atoms with Gasteiger partial charge in [0.05, 0.1) is 23.0 Å². The molecule has 3 heterocycles.